The number of aryl methyl sites for hydroxylation is 1. The highest BCUT2D eigenvalue weighted by atomic mass is 15.2. The van der Waals surface area contributed by atoms with Crippen LogP contribution in [-0.2, 0) is 6.54 Å². The van der Waals surface area contributed by atoms with E-state index in [1.165, 1.54) is 11.1 Å². The Kier molecular flexibility index (Phi) is 5.40. The van der Waals surface area contributed by atoms with Gasteiger partial charge in [-0.2, -0.15) is 0 Å². The van der Waals surface area contributed by atoms with Crippen LogP contribution in [0.25, 0.3) is 0 Å². The zero-order valence-corrected chi connectivity index (χ0v) is 10.4. The summed E-state index contributed by atoms with van der Waals surface area (Å²) in [5, 5.41) is 6.41. The zero-order valence-electron chi connectivity index (χ0n) is 10.4. The molecule has 0 aliphatic carbocycles. The third-order valence-electron chi connectivity index (χ3n) is 2.23. The molecule has 0 aliphatic heterocycles. The van der Waals surface area contributed by atoms with E-state index in [1.54, 1.807) is 0 Å². The molecule has 2 N–H and O–H groups in total. The molecule has 0 saturated carbocycles. The van der Waals surface area contributed by atoms with Crippen molar-refractivity contribution in [1.29, 1.82) is 0 Å². The summed E-state index contributed by atoms with van der Waals surface area (Å²) in [6.45, 7) is 8.72. The molecule has 88 valence electrons. The molecule has 1 rings (SSSR count). The Hall–Kier alpha value is -1.51. The second-order valence-corrected chi connectivity index (χ2v) is 3.71. The first-order valence-electron chi connectivity index (χ1n) is 5.84. The van der Waals surface area contributed by atoms with E-state index in [4.69, 9.17) is 0 Å². The molecule has 1 aromatic rings. The Morgan fingerprint density at radius 3 is 2.12 bits per heavy atom. The number of hydrogen-bond donors (Lipinski definition) is 2. The maximum Gasteiger partial charge on any atom is 0.191 e. The molecule has 0 amide bonds. The number of nitrogens with one attached hydrogen (secondary N) is 2. The Balaban J connectivity index is 2.57. The molecule has 0 heterocycles. The lowest BCUT2D eigenvalue weighted by Gasteiger charge is -2.09. The molecule has 1 aromatic carbocycles. The van der Waals surface area contributed by atoms with Gasteiger partial charge in [0.15, 0.2) is 5.96 Å². The molecule has 0 spiro atoms. The normalized spacial score (nSPS) is 9.69. The van der Waals surface area contributed by atoms with Crippen molar-refractivity contribution >= 4 is 5.96 Å². The second-order valence-electron chi connectivity index (χ2n) is 3.71. The topological polar surface area (TPSA) is 36.4 Å². The summed E-state index contributed by atoms with van der Waals surface area (Å²) in [6, 6.07) is 8.47. The van der Waals surface area contributed by atoms with Crippen LogP contribution in [0.15, 0.2) is 29.3 Å². The summed E-state index contributed by atoms with van der Waals surface area (Å²) in [5.41, 5.74) is 2.52. The van der Waals surface area contributed by atoms with Gasteiger partial charge in [-0.3, -0.25) is 0 Å². The van der Waals surface area contributed by atoms with Crippen LogP contribution in [-0.4, -0.2) is 19.0 Å². The largest absolute Gasteiger partial charge is 0.357 e. The average molecular weight is 219 g/mol. The molecule has 3 heteroatoms. The summed E-state index contributed by atoms with van der Waals surface area (Å²) in [5.74, 6) is 0.880. The number of nitrogens with zero attached hydrogens (tertiary/aromatic N) is 1. The highest BCUT2D eigenvalue weighted by molar-refractivity contribution is 5.79. The highest BCUT2D eigenvalue weighted by Crippen LogP contribution is 2.04. The third-order valence-corrected chi connectivity index (χ3v) is 2.23. The molecule has 0 aliphatic rings. The van der Waals surface area contributed by atoms with E-state index >= 15 is 0 Å². The quantitative estimate of drug-likeness (QED) is 0.601. The third kappa shape index (κ3) is 4.34. The first kappa shape index (κ1) is 12.6. The van der Waals surface area contributed by atoms with Crippen LogP contribution in [0.3, 0.4) is 0 Å². The van der Waals surface area contributed by atoms with Gasteiger partial charge in [0.05, 0.1) is 6.54 Å². The van der Waals surface area contributed by atoms with Gasteiger partial charge in [0.1, 0.15) is 0 Å². The predicted octanol–water partition coefficient (Wildman–Crippen LogP) is 2.07. The van der Waals surface area contributed by atoms with Crippen LogP contribution in [0.5, 0.6) is 0 Å². The van der Waals surface area contributed by atoms with Crippen molar-refractivity contribution in [3.8, 4) is 0 Å². The van der Waals surface area contributed by atoms with Crippen LogP contribution in [0.1, 0.15) is 25.0 Å². The van der Waals surface area contributed by atoms with Crippen molar-refractivity contribution in [2.75, 3.05) is 13.1 Å². The molecule has 0 unspecified atom stereocenters. The summed E-state index contributed by atoms with van der Waals surface area (Å²) in [7, 11) is 0. The number of rotatable bonds is 4. The number of hydrogen-bond acceptors (Lipinski definition) is 1. The van der Waals surface area contributed by atoms with E-state index in [9.17, 15) is 0 Å². The van der Waals surface area contributed by atoms with E-state index in [0.717, 1.165) is 25.6 Å². The monoisotopic (exact) mass is 219 g/mol. The van der Waals surface area contributed by atoms with E-state index < -0.39 is 0 Å². The maximum absolute atomic E-state index is 4.50. The van der Waals surface area contributed by atoms with Crippen molar-refractivity contribution in [1.82, 2.24) is 10.6 Å². The Bertz CT molecular complexity index is 320. The van der Waals surface area contributed by atoms with E-state index in [2.05, 4.69) is 60.7 Å². The Morgan fingerprint density at radius 1 is 1.06 bits per heavy atom. The van der Waals surface area contributed by atoms with Crippen molar-refractivity contribution in [3.63, 3.8) is 0 Å². The van der Waals surface area contributed by atoms with Gasteiger partial charge in [0.25, 0.3) is 0 Å². The molecule has 0 saturated heterocycles. The molecular weight excluding hydrogens is 198 g/mol. The van der Waals surface area contributed by atoms with Gasteiger partial charge in [-0.25, -0.2) is 4.99 Å². The average Bonchev–Trinajstić information content (AvgIpc) is 2.29. The summed E-state index contributed by atoms with van der Waals surface area (Å²) in [4.78, 5) is 4.50. The van der Waals surface area contributed by atoms with Crippen LogP contribution in [0.4, 0.5) is 0 Å². The van der Waals surface area contributed by atoms with Crippen LogP contribution < -0.4 is 10.6 Å². The minimum absolute atomic E-state index is 0.718. The summed E-state index contributed by atoms with van der Waals surface area (Å²) in [6.07, 6.45) is 0. The molecule has 0 atom stereocenters. The van der Waals surface area contributed by atoms with Gasteiger partial charge < -0.3 is 10.6 Å². The molecule has 0 aromatic heterocycles. The lowest BCUT2D eigenvalue weighted by Crippen LogP contribution is -2.36. The van der Waals surface area contributed by atoms with Gasteiger partial charge in [-0.15, -0.1) is 0 Å². The van der Waals surface area contributed by atoms with Crippen molar-refractivity contribution in [3.05, 3.63) is 35.4 Å². The Morgan fingerprint density at radius 2 is 1.62 bits per heavy atom. The van der Waals surface area contributed by atoms with Gasteiger partial charge in [-0.05, 0) is 26.3 Å². The van der Waals surface area contributed by atoms with Gasteiger partial charge in [-0.1, -0.05) is 29.8 Å². The van der Waals surface area contributed by atoms with Crippen LogP contribution in [0.2, 0.25) is 0 Å². The molecular formula is C13H21N3. The first-order valence-corrected chi connectivity index (χ1v) is 5.84. The van der Waals surface area contributed by atoms with E-state index in [-0.39, 0.29) is 0 Å². The molecule has 0 radical (unpaired) electrons. The van der Waals surface area contributed by atoms with Gasteiger partial charge >= 0.3 is 0 Å². The van der Waals surface area contributed by atoms with Crippen molar-refractivity contribution in [2.45, 2.75) is 27.3 Å². The van der Waals surface area contributed by atoms with E-state index in [1.807, 2.05) is 0 Å². The van der Waals surface area contributed by atoms with Gasteiger partial charge in [0, 0.05) is 13.1 Å². The maximum atomic E-state index is 4.50. The van der Waals surface area contributed by atoms with Crippen molar-refractivity contribution < 1.29 is 0 Å². The lowest BCUT2D eigenvalue weighted by molar-refractivity contribution is 0.839. The van der Waals surface area contributed by atoms with Crippen molar-refractivity contribution in [2.24, 2.45) is 4.99 Å². The minimum atomic E-state index is 0.718. The number of aliphatic imine (C=N–C) groups is 1. The minimum Gasteiger partial charge on any atom is -0.357 e. The summed E-state index contributed by atoms with van der Waals surface area (Å²) >= 11 is 0. The zero-order chi connectivity index (χ0) is 11.8. The number of guanidine groups is 1. The first-order chi connectivity index (χ1) is 7.76. The van der Waals surface area contributed by atoms with E-state index in [0.29, 0.717) is 0 Å². The smallest absolute Gasteiger partial charge is 0.191 e. The molecule has 16 heavy (non-hydrogen) atoms. The SMILES string of the molecule is CCNC(=NCc1ccc(C)cc1)NCC. The lowest BCUT2D eigenvalue weighted by atomic mass is 10.1. The second kappa shape index (κ2) is 6.88. The Labute approximate surface area is 98.0 Å². The highest BCUT2D eigenvalue weighted by Gasteiger charge is 1.95. The summed E-state index contributed by atoms with van der Waals surface area (Å²) < 4.78 is 0. The fourth-order valence-electron chi connectivity index (χ4n) is 1.37. The predicted molar refractivity (Wildman–Crippen MR) is 69.7 cm³/mol. The standard InChI is InChI=1S/C13H21N3/c1-4-14-13(15-5-2)16-10-12-8-6-11(3)7-9-12/h6-9H,4-5,10H2,1-3H3,(H2,14,15,16). The van der Waals surface area contributed by atoms with Crippen LogP contribution in [0, 0.1) is 6.92 Å². The molecule has 3 nitrogen and oxygen atoms in total. The fraction of sp³-hybridized carbons (Fsp3) is 0.462. The fourth-order valence-corrected chi connectivity index (χ4v) is 1.37. The number of benzene rings is 1. The molecule has 0 bridgehead atoms. The van der Waals surface area contributed by atoms with Crippen LogP contribution >= 0.6 is 0 Å². The van der Waals surface area contributed by atoms with Gasteiger partial charge in [0.2, 0.25) is 0 Å². The molecule has 0 fully saturated rings.